The molecule has 0 amide bonds. The minimum Gasteiger partial charge on any atom is -0.464 e. The Kier molecular flexibility index (Phi) is 10.2. The summed E-state index contributed by atoms with van der Waals surface area (Å²) in [6.07, 6.45) is 9.11. The van der Waals surface area contributed by atoms with Crippen LogP contribution in [0, 0.1) is 18.8 Å². The number of hydrogen-bond donors (Lipinski definition) is 0. The molecule has 2 heterocycles. The number of para-hydroxylation sites is 1. The zero-order chi connectivity index (χ0) is 26.9. The molecular weight excluding hydrogens is 458 g/mol. The number of hydrogen-bond acceptors (Lipinski definition) is 5. The second kappa shape index (κ2) is 13.4. The third-order valence-corrected chi connectivity index (χ3v) is 7.12. The van der Waals surface area contributed by atoms with E-state index in [0.29, 0.717) is 17.4 Å². The van der Waals surface area contributed by atoms with Crippen LogP contribution in [0.2, 0.25) is 0 Å². The molecule has 5 rings (SSSR count). The normalized spacial score (nSPS) is 16.9. The van der Waals surface area contributed by atoms with Crippen molar-refractivity contribution in [1.82, 2.24) is 9.97 Å². The molecule has 0 N–H and O–H groups in total. The van der Waals surface area contributed by atoms with E-state index in [1.165, 1.54) is 31.2 Å². The molecule has 1 saturated carbocycles. The van der Waals surface area contributed by atoms with Crippen LogP contribution in [0.4, 0.5) is 5.82 Å². The van der Waals surface area contributed by atoms with Crippen molar-refractivity contribution in [3.8, 4) is 0 Å². The number of fused-ring (bicyclic) bond motifs is 2. The van der Waals surface area contributed by atoms with Crippen molar-refractivity contribution in [2.45, 2.75) is 73.1 Å². The molecule has 37 heavy (non-hydrogen) atoms. The summed E-state index contributed by atoms with van der Waals surface area (Å²) in [5.74, 6) is 3.83. The molecule has 0 bridgehead atoms. The highest BCUT2D eigenvalue weighted by Gasteiger charge is 2.13. The number of nitrogens with zero attached hydrogens (tertiary/aromatic N) is 3. The zero-order valence-corrected chi connectivity index (χ0v) is 23.7. The van der Waals surface area contributed by atoms with Crippen molar-refractivity contribution in [3.63, 3.8) is 0 Å². The molecule has 1 fully saturated rings. The smallest absolute Gasteiger partial charge is 0.195 e. The topological polar surface area (TPSA) is 59.2 Å². The molecule has 198 valence electrons. The summed E-state index contributed by atoms with van der Waals surface area (Å²) >= 11 is 0. The predicted molar refractivity (Wildman–Crippen MR) is 157 cm³/mol. The maximum absolute atomic E-state index is 12.0. The van der Waals surface area contributed by atoms with E-state index in [4.69, 9.17) is 4.42 Å². The van der Waals surface area contributed by atoms with Crippen LogP contribution >= 0.6 is 0 Å². The molecule has 0 unspecified atom stereocenters. The van der Waals surface area contributed by atoms with Gasteiger partial charge in [0.2, 0.25) is 0 Å². The Balaban J connectivity index is 0.000000161. The maximum Gasteiger partial charge on any atom is 0.195 e. The molecule has 0 saturated heterocycles. The van der Waals surface area contributed by atoms with Gasteiger partial charge >= 0.3 is 0 Å². The predicted octanol–water partition coefficient (Wildman–Crippen LogP) is 7.75. The SMILES string of the molecule is CC1CCC(C)CC1.CCc1ccc2occ(CC)c(=O)c2c1.Cc1nc(N(C)C)c2ccccc2n1. The quantitative estimate of drug-likeness (QED) is 0.287. The van der Waals surface area contributed by atoms with Gasteiger partial charge in [0.1, 0.15) is 17.2 Å². The molecule has 1 aliphatic rings. The summed E-state index contributed by atoms with van der Waals surface area (Å²) in [7, 11) is 3.99. The molecule has 2 aromatic heterocycles. The lowest BCUT2D eigenvalue weighted by Gasteiger charge is -2.22. The lowest BCUT2D eigenvalue weighted by atomic mass is 9.84. The molecule has 0 atom stereocenters. The third kappa shape index (κ3) is 7.64. The van der Waals surface area contributed by atoms with Crippen LogP contribution in [-0.2, 0) is 12.8 Å². The number of anilines is 1. The van der Waals surface area contributed by atoms with Crippen molar-refractivity contribution in [2.75, 3.05) is 19.0 Å². The van der Waals surface area contributed by atoms with Gasteiger partial charge in [-0.25, -0.2) is 9.97 Å². The summed E-state index contributed by atoms with van der Waals surface area (Å²) < 4.78 is 5.41. The summed E-state index contributed by atoms with van der Waals surface area (Å²) in [5, 5.41) is 1.80. The summed E-state index contributed by atoms with van der Waals surface area (Å²) in [6, 6.07) is 13.9. The van der Waals surface area contributed by atoms with E-state index in [-0.39, 0.29) is 5.43 Å². The fourth-order valence-electron chi connectivity index (χ4n) is 4.62. The fourth-order valence-corrected chi connectivity index (χ4v) is 4.62. The first-order valence-electron chi connectivity index (χ1n) is 13.7. The molecule has 1 aliphatic carbocycles. The van der Waals surface area contributed by atoms with Gasteiger partial charge in [-0.15, -0.1) is 0 Å². The van der Waals surface area contributed by atoms with Gasteiger partial charge in [0.05, 0.1) is 17.2 Å². The van der Waals surface area contributed by atoms with Gasteiger partial charge in [-0.1, -0.05) is 71.6 Å². The van der Waals surface area contributed by atoms with E-state index in [1.807, 2.05) is 75.3 Å². The lowest BCUT2D eigenvalue weighted by Crippen LogP contribution is -2.12. The van der Waals surface area contributed by atoms with Crippen LogP contribution in [0.15, 0.2) is 57.9 Å². The molecule has 4 aromatic rings. The highest BCUT2D eigenvalue weighted by Crippen LogP contribution is 2.27. The van der Waals surface area contributed by atoms with E-state index >= 15 is 0 Å². The Morgan fingerprint density at radius 2 is 1.54 bits per heavy atom. The van der Waals surface area contributed by atoms with E-state index in [1.54, 1.807) is 6.26 Å². The number of benzene rings is 2. The van der Waals surface area contributed by atoms with Crippen molar-refractivity contribution in [2.24, 2.45) is 11.8 Å². The summed E-state index contributed by atoms with van der Waals surface area (Å²) in [6.45, 7) is 10.7. The van der Waals surface area contributed by atoms with E-state index in [9.17, 15) is 4.79 Å². The Labute approximate surface area is 221 Å². The van der Waals surface area contributed by atoms with Crippen molar-refractivity contribution < 1.29 is 4.42 Å². The minimum atomic E-state index is 0.106. The van der Waals surface area contributed by atoms with Crippen LogP contribution in [0.3, 0.4) is 0 Å². The van der Waals surface area contributed by atoms with Gasteiger partial charge < -0.3 is 9.32 Å². The molecule has 2 aromatic carbocycles. The van der Waals surface area contributed by atoms with Crippen molar-refractivity contribution in [3.05, 3.63) is 75.9 Å². The van der Waals surface area contributed by atoms with E-state index in [0.717, 1.165) is 46.4 Å². The molecule has 0 spiro atoms. The second-order valence-corrected chi connectivity index (χ2v) is 10.5. The summed E-state index contributed by atoms with van der Waals surface area (Å²) in [5.41, 5.74) is 3.70. The van der Waals surface area contributed by atoms with Gasteiger partial charge in [-0.2, -0.15) is 0 Å². The first kappa shape index (κ1) is 28.4. The lowest BCUT2D eigenvalue weighted by molar-refractivity contribution is 0.308. The Morgan fingerprint density at radius 3 is 2.14 bits per heavy atom. The van der Waals surface area contributed by atoms with Crippen molar-refractivity contribution in [1.29, 1.82) is 0 Å². The van der Waals surface area contributed by atoms with Crippen LogP contribution in [0.1, 0.15) is 70.3 Å². The molecule has 5 nitrogen and oxygen atoms in total. The standard InChI is InChI=1S/C13H14O2.C11H13N3.C8H16/c1-3-9-5-6-12-11(7-9)13(14)10(4-2)8-15-12;1-8-12-10-7-5-4-6-9(10)11(13-8)14(2)3;1-7-3-5-8(2)6-4-7/h5-8H,3-4H2,1-2H3;4-7H,1-3H3;7-8H,3-6H2,1-2H3. The molecule has 5 heteroatoms. The van der Waals surface area contributed by atoms with E-state index in [2.05, 4.69) is 30.7 Å². The average Bonchev–Trinajstić information content (AvgIpc) is 2.90. The van der Waals surface area contributed by atoms with Crippen LogP contribution < -0.4 is 10.3 Å². The van der Waals surface area contributed by atoms with Gasteiger partial charge in [0, 0.05) is 25.0 Å². The van der Waals surface area contributed by atoms with Crippen LogP contribution in [0.5, 0.6) is 0 Å². The van der Waals surface area contributed by atoms with Gasteiger partial charge in [0.25, 0.3) is 0 Å². The molecular formula is C32H43N3O2. The number of aromatic nitrogens is 2. The highest BCUT2D eigenvalue weighted by molar-refractivity contribution is 5.89. The number of rotatable bonds is 3. The first-order valence-corrected chi connectivity index (χ1v) is 13.7. The van der Waals surface area contributed by atoms with Crippen LogP contribution in [-0.4, -0.2) is 24.1 Å². The molecule has 0 aliphatic heterocycles. The Morgan fingerprint density at radius 1 is 0.892 bits per heavy atom. The van der Waals surface area contributed by atoms with Gasteiger partial charge in [-0.05, 0) is 61.4 Å². The first-order chi connectivity index (χ1) is 17.7. The van der Waals surface area contributed by atoms with Gasteiger partial charge in [0.15, 0.2) is 5.43 Å². The van der Waals surface area contributed by atoms with E-state index < -0.39 is 0 Å². The molecule has 0 radical (unpaired) electrons. The fraction of sp³-hybridized carbons (Fsp3) is 0.469. The Bertz CT molecular complexity index is 1340. The van der Waals surface area contributed by atoms with Crippen LogP contribution in [0.25, 0.3) is 21.9 Å². The summed E-state index contributed by atoms with van der Waals surface area (Å²) in [4.78, 5) is 22.8. The highest BCUT2D eigenvalue weighted by atomic mass is 16.3. The number of aryl methyl sites for hydroxylation is 3. The van der Waals surface area contributed by atoms with Gasteiger partial charge in [-0.3, -0.25) is 4.79 Å². The largest absolute Gasteiger partial charge is 0.464 e. The Hall–Kier alpha value is -3.21. The maximum atomic E-state index is 12.0. The average molecular weight is 502 g/mol. The monoisotopic (exact) mass is 501 g/mol. The minimum absolute atomic E-state index is 0.106. The third-order valence-electron chi connectivity index (χ3n) is 7.12. The second-order valence-electron chi connectivity index (χ2n) is 10.5. The van der Waals surface area contributed by atoms with Crippen molar-refractivity contribution >= 4 is 27.7 Å². The zero-order valence-electron chi connectivity index (χ0n) is 23.7.